The highest BCUT2D eigenvalue weighted by molar-refractivity contribution is 7.87. The van der Waals surface area contributed by atoms with E-state index >= 15 is 0 Å². The van der Waals surface area contributed by atoms with Crippen LogP contribution in [0.15, 0.2) is 41.3 Å². The number of nitrogens with zero attached hydrogens (tertiary/aromatic N) is 1. The number of aryl methyl sites for hydroxylation is 3. The van der Waals surface area contributed by atoms with Gasteiger partial charge in [0.2, 0.25) is 6.79 Å². The summed E-state index contributed by atoms with van der Waals surface area (Å²) in [4.78, 5) is 2.60. The summed E-state index contributed by atoms with van der Waals surface area (Å²) in [6.45, 7) is 7.24. The zero-order valence-corrected chi connectivity index (χ0v) is 21.7. The maximum atomic E-state index is 13.5. The topological polar surface area (TPSA) is 74.3 Å². The molecule has 8 heteroatoms. The third kappa shape index (κ3) is 3.71. The van der Waals surface area contributed by atoms with Gasteiger partial charge < -0.3 is 18.4 Å². The number of rotatable bonds is 4. The van der Waals surface area contributed by atoms with Crippen molar-refractivity contribution in [3.63, 3.8) is 0 Å². The average Bonchev–Trinajstić information content (AvgIpc) is 3.28. The van der Waals surface area contributed by atoms with Gasteiger partial charge in [0.15, 0.2) is 23.0 Å². The first-order valence-corrected chi connectivity index (χ1v) is 13.5. The van der Waals surface area contributed by atoms with Crippen molar-refractivity contribution in [2.75, 3.05) is 20.4 Å². The SMILES string of the molecule is COc1ccc2c(c1OS(=O)(=O)c1c(C)cc(C)cc1C)CN1CCc3cc4c(cc3C1C2)OCO4. The Kier molecular flexibility index (Phi) is 5.42. The van der Waals surface area contributed by atoms with Crippen LogP contribution in [0.4, 0.5) is 0 Å². The highest BCUT2D eigenvalue weighted by Gasteiger charge is 2.37. The molecule has 0 amide bonds. The van der Waals surface area contributed by atoms with Crippen LogP contribution in [-0.4, -0.2) is 33.8 Å². The van der Waals surface area contributed by atoms with E-state index in [1.807, 2.05) is 25.1 Å². The highest BCUT2D eigenvalue weighted by Crippen LogP contribution is 2.47. The average molecular weight is 508 g/mol. The zero-order valence-electron chi connectivity index (χ0n) is 20.9. The maximum Gasteiger partial charge on any atom is 0.339 e. The van der Waals surface area contributed by atoms with Crippen LogP contribution >= 0.6 is 0 Å². The fourth-order valence-corrected chi connectivity index (χ4v) is 7.35. The Balaban J connectivity index is 1.40. The maximum absolute atomic E-state index is 13.5. The van der Waals surface area contributed by atoms with E-state index in [0.29, 0.717) is 23.4 Å². The van der Waals surface area contributed by atoms with E-state index < -0.39 is 10.1 Å². The van der Waals surface area contributed by atoms with Crippen molar-refractivity contribution < 1.29 is 26.8 Å². The van der Waals surface area contributed by atoms with Gasteiger partial charge in [-0.25, -0.2) is 0 Å². The van der Waals surface area contributed by atoms with Gasteiger partial charge >= 0.3 is 10.1 Å². The Labute approximate surface area is 211 Å². The minimum atomic E-state index is -4.07. The summed E-state index contributed by atoms with van der Waals surface area (Å²) in [6, 6.07) is 11.9. The molecule has 0 bridgehead atoms. The molecule has 1 unspecified atom stereocenters. The first-order chi connectivity index (χ1) is 17.2. The van der Waals surface area contributed by atoms with Gasteiger partial charge in [-0.2, -0.15) is 8.42 Å². The lowest BCUT2D eigenvalue weighted by Crippen LogP contribution is -2.39. The summed E-state index contributed by atoms with van der Waals surface area (Å²) in [5.74, 6) is 2.30. The molecule has 0 saturated heterocycles. The number of hydrogen-bond donors (Lipinski definition) is 0. The summed E-state index contributed by atoms with van der Waals surface area (Å²) in [5.41, 5.74) is 6.80. The molecule has 3 aliphatic heterocycles. The van der Waals surface area contributed by atoms with Crippen molar-refractivity contribution >= 4 is 10.1 Å². The number of methoxy groups -OCH3 is 1. The lowest BCUT2D eigenvalue weighted by atomic mass is 9.83. The third-order valence-electron chi connectivity index (χ3n) is 7.47. The van der Waals surface area contributed by atoms with Crippen LogP contribution in [0.2, 0.25) is 0 Å². The van der Waals surface area contributed by atoms with Gasteiger partial charge in [0.05, 0.1) is 7.11 Å². The minimum absolute atomic E-state index is 0.176. The molecule has 188 valence electrons. The van der Waals surface area contributed by atoms with E-state index in [0.717, 1.165) is 47.6 Å². The molecule has 0 fully saturated rings. The van der Waals surface area contributed by atoms with Crippen LogP contribution in [0.5, 0.6) is 23.0 Å². The predicted octanol–water partition coefficient (Wildman–Crippen LogP) is 4.77. The van der Waals surface area contributed by atoms with Gasteiger partial charge in [-0.1, -0.05) is 23.8 Å². The normalized spacial score (nSPS) is 18.3. The number of hydrogen-bond acceptors (Lipinski definition) is 7. The second-order valence-electron chi connectivity index (χ2n) is 9.84. The van der Waals surface area contributed by atoms with Crippen molar-refractivity contribution in [1.82, 2.24) is 4.90 Å². The van der Waals surface area contributed by atoms with Crippen molar-refractivity contribution in [1.29, 1.82) is 0 Å². The van der Waals surface area contributed by atoms with Gasteiger partial charge in [0.1, 0.15) is 4.90 Å². The Morgan fingerprint density at radius 2 is 1.69 bits per heavy atom. The molecule has 7 nitrogen and oxygen atoms in total. The first-order valence-electron chi connectivity index (χ1n) is 12.1. The van der Waals surface area contributed by atoms with Gasteiger partial charge in [-0.3, -0.25) is 4.90 Å². The van der Waals surface area contributed by atoms with Crippen LogP contribution in [0, 0.1) is 20.8 Å². The van der Waals surface area contributed by atoms with Crippen LogP contribution in [0.25, 0.3) is 0 Å². The summed E-state index contributed by atoms with van der Waals surface area (Å²) in [5, 5.41) is 0. The van der Waals surface area contributed by atoms with Crippen LogP contribution in [0.3, 0.4) is 0 Å². The Morgan fingerprint density at radius 1 is 0.972 bits per heavy atom. The molecular formula is C28H29NO6S. The van der Waals surface area contributed by atoms with Gasteiger partial charge in [0, 0.05) is 24.7 Å². The van der Waals surface area contributed by atoms with Crippen molar-refractivity contribution in [2.45, 2.75) is 51.1 Å². The minimum Gasteiger partial charge on any atom is -0.493 e. The smallest absolute Gasteiger partial charge is 0.339 e. The molecule has 3 heterocycles. The van der Waals surface area contributed by atoms with Gasteiger partial charge in [-0.05, 0) is 79.6 Å². The molecule has 0 aromatic heterocycles. The summed E-state index contributed by atoms with van der Waals surface area (Å²) < 4.78 is 49.8. The molecule has 6 rings (SSSR count). The fourth-order valence-electron chi connectivity index (χ4n) is 5.96. The van der Waals surface area contributed by atoms with Crippen molar-refractivity contribution in [2.24, 2.45) is 0 Å². The van der Waals surface area contributed by atoms with Crippen LogP contribution in [-0.2, 0) is 29.5 Å². The molecule has 36 heavy (non-hydrogen) atoms. The Hall–Kier alpha value is -3.23. The van der Waals surface area contributed by atoms with Gasteiger partial charge in [-0.15, -0.1) is 0 Å². The molecule has 0 saturated carbocycles. The lowest BCUT2D eigenvalue weighted by molar-refractivity contribution is 0.159. The summed E-state index contributed by atoms with van der Waals surface area (Å²) >= 11 is 0. The largest absolute Gasteiger partial charge is 0.493 e. The van der Waals surface area contributed by atoms with Crippen LogP contribution < -0.4 is 18.4 Å². The quantitative estimate of drug-likeness (QED) is 0.471. The van der Waals surface area contributed by atoms with E-state index in [4.69, 9.17) is 18.4 Å². The van der Waals surface area contributed by atoms with Gasteiger partial charge in [0.25, 0.3) is 0 Å². The van der Waals surface area contributed by atoms with Crippen molar-refractivity contribution in [3.8, 4) is 23.0 Å². The zero-order chi connectivity index (χ0) is 25.2. The van der Waals surface area contributed by atoms with Crippen LogP contribution in [0.1, 0.15) is 45.0 Å². The molecule has 0 radical (unpaired) electrons. The molecule has 1 atom stereocenters. The molecule has 3 aliphatic rings. The molecule has 0 aliphatic carbocycles. The standard InChI is InChI=1S/C28H29NO6S/c1-16-9-17(2)28(18(3)10-16)36(30,31)35-27-22-14-29-8-7-20-12-25-26(34-15-33-25)13-21(20)23(29)11-19(22)5-6-24(27)32-4/h5-6,9-10,12-13,23H,7-8,11,14-15H2,1-4H3. The first kappa shape index (κ1) is 23.2. The Bertz CT molecular complexity index is 1470. The molecule has 0 N–H and O–H groups in total. The molecule has 0 spiro atoms. The van der Waals surface area contributed by atoms with E-state index in [-0.39, 0.29) is 23.5 Å². The second kappa shape index (κ2) is 8.42. The number of fused-ring (bicyclic) bond motifs is 5. The predicted molar refractivity (Wildman–Crippen MR) is 135 cm³/mol. The van der Waals surface area contributed by atoms with E-state index in [9.17, 15) is 8.42 Å². The Morgan fingerprint density at radius 3 is 2.42 bits per heavy atom. The monoisotopic (exact) mass is 507 g/mol. The number of ether oxygens (including phenoxy) is 3. The fraction of sp³-hybridized carbons (Fsp3) is 0.357. The number of benzene rings is 3. The van der Waals surface area contributed by atoms with E-state index in [1.54, 1.807) is 19.9 Å². The second-order valence-corrected chi connectivity index (χ2v) is 11.3. The van der Waals surface area contributed by atoms with E-state index in [2.05, 4.69) is 17.0 Å². The van der Waals surface area contributed by atoms with Crippen molar-refractivity contribution in [3.05, 3.63) is 75.3 Å². The summed E-state index contributed by atoms with van der Waals surface area (Å²) in [6.07, 6.45) is 1.63. The summed E-state index contributed by atoms with van der Waals surface area (Å²) in [7, 11) is -2.53. The third-order valence-corrected chi connectivity index (χ3v) is 9.00. The van der Waals surface area contributed by atoms with E-state index in [1.165, 1.54) is 18.2 Å². The highest BCUT2D eigenvalue weighted by atomic mass is 32.2. The molecule has 3 aromatic rings. The molecule has 3 aromatic carbocycles. The lowest BCUT2D eigenvalue weighted by Gasteiger charge is -2.42. The molecular weight excluding hydrogens is 478 g/mol.